The van der Waals surface area contributed by atoms with E-state index in [1.165, 1.54) is 7.11 Å². The number of para-hydroxylation sites is 1. The molecular formula is C21H16N2O7. The summed E-state index contributed by atoms with van der Waals surface area (Å²) in [5.41, 5.74) is 0.541. The van der Waals surface area contributed by atoms with Crippen LogP contribution >= 0.6 is 0 Å². The lowest BCUT2D eigenvalue weighted by molar-refractivity contribution is 0.0394. The Morgan fingerprint density at radius 2 is 1.90 bits per heavy atom. The Morgan fingerprint density at radius 3 is 2.70 bits per heavy atom. The third kappa shape index (κ3) is 3.72. The van der Waals surface area contributed by atoms with E-state index in [0.29, 0.717) is 28.0 Å². The molecule has 30 heavy (non-hydrogen) atoms. The summed E-state index contributed by atoms with van der Waals surface area (Å²) in [7, 11) is 3.06. The van der Waals surface area contributed by atoms with E-state index in [1.54, 1.807) is 49.6 Å². The number of hydrogen-bond donors (Lipinski definition) is 0. The Labute approximate surface area is 169 Å². The number of hydrogen-bond acceptors (Lipinski definition) is 9. The zero-order valence-corrected chi connectivity index (χ0v) is 16.1. The van der Waals surface area contributed by atoms with Crippen LogP contribution in [-0.4, -0.2) is 30.3 Å². The van der Waals surface area contributed by atoms with Gasteiger partial charge >= 0.3 is 5.97 Å². The van der Waals surface area contributed by atoms with Crippen molar-refractivity contribution in [3.05, 3.63) is 70.4 Å². The topological polar surface area (TPSA) is 114 Å². The van der Waals surface area contributed by atoms with Crippen LogP contribution in [0, 0.1) is 0 Å². The van der Waals surface area contributed by atoms with Gasteiger partial charge in [-0.2, -0.15) is 4.98 Å². The van der Waals surface area contributed by atoms with Crippen LogP contribution in [0.3, 0.4) is 0 Å². The lowest BCUT2D eigenvalue weighted by Crippen LogP contribution is -2.10. The molecule has 0 atom stereocenters. The molecule has 0 fully saturated rings. The standard InChI is InChI=1S/C21H16N2O7/c1-26-12-7-8-14(17(9-12)27-2)20-22-19(30-23-20)11-28-21(25)18-10-15(24)13-5-3-4-6-16(13)29-18/h3-10H,11H2,1-2H3. The molecular weight excluding hydrogens is 392 g/mol. The summed E-state index contributed by atoms with van der Waals surface area (Å²) in [6, 6.07) is 12.9. The fourth-order valence-corrected chi connectivity index (χ4v) is 2.81. The first-order valence-corrected chi connectivity index (χ1v) is 8.84. The normalized spacial score (nSPS) is 10.7. The average Bonchev–Trinajstić information content (AvgIpc) is 3.25. The molecule has 4 aromatic rings. The smallest absolute Gasteiger partial charge is 0.374 e. The second-order valence-corrected chi connectivity index (χ2v) is 6.13. The van der Waals surface area contributed by atoms with E-state index in [-0.39, 0.29) is 29.5 Å². The number of methoxy groups -OCH3 is 2. The summed E-state index contributed by atoms with van der Waals surface area (Å²) in [5, 5.41) is 4.26. The van der Waals surface area contributed by atoms with Gasteiger partial charge in [-0.15, -0.1) is 0 Å². The highest BCUT2D eigenvalue weighted by atomic mass is 16.6. The van der Waals surface area contributed by atoms with Crippen LogP contribution in [-0.2, 0) is 11.3 Å². The third-order valence-corrected chi connectivity index (χ3v) is 4.28. The third-order valence-electron chi connectivity index (χ3n) is 4.28. The molecule has 0 spiro atoms. The molecule has 0 aliphatic heterocycles. The van der Waals surface area contributed by atoms with Crippen molar-refractivity contribution in [2.24, 2.45) is 0 Å². The number of nitrogens with zero attached hydrogens (tertiary/aromatic N) is 2. The van der Waals surface area contributed by atoms with Crippen LogP contribution in [0.4, 0.5) is 0 Å². The Hall–Kier alpha value is -4.14. The van der Waals surface area contributed by atoms with Gasteiger partial charge in [-0.1, -0.05) is 17.3 Å². The summed E-state index contributed by atoms with van der Waals surface area (Å²) in [6.07, 6.45) is 0. The maximum absolute atomic E-state index is 12.3. The molecule has 0 aliphatic carbocycles. The molecule has 0 saturated carbocycles. The average molecular weight is 408 g/mol. The minimum absolute atomic E-state index is 0.0688. The van der Waals surface area contributed by atoms with Crippen molar-refractivity contribution in [3.63, 3.8) is 0 Å². The predicted octanol–water partition coefficient (Wildman–Crippen LogP) is 3.22. The molecule has 9 nitrogen and oxygen atoms in total. The molecule has 2 heterocycles. The number of aromatic nitrogens is 2. The molecule has 2 aromatic heterocycles. The molecule has 0 bridgehead atoms. The van der Waals surface area contributed by atoms with Crippen molar-refractivity contribution in [3.8, 4) is 22.9 Å². The minimum Gasteiger partial charge on any atom is -0.497 e. The SMILES string of the molecule is COc1ccc(-c2noc(COC(=O)c3cc(=O)c4ccccc4o3)n2)c(OC)c1. The summed E-state index contributed by atoms with van der Waals surface area (Å²) in [4.78, 5) is 28.6. The zero-order valence-electron chi connectivity index (χ0n) is 16.1. The van der Waals surface area contributed by atoms with E-state index in [9.17, 15) is 9.59 Å². The van der Waals surface area contributed by atoms with E-state index in [2.05, 4.69) is 10.1 Å². The number of rotatable bonds is 6. The number of ether oxygens (including phenoxy) is 3. The molecule has 4 rings (SSSR count). The minimum atomic E-state index is -0.820. The van der Waals surface area contributed by atoms with Gasteiger partial charge < -0.3 is 23.2 Å². The Kier molecular flexibility index (Phi) is 5.17. The Bertz CT molecular complexity index is 1280. The molecule has 0 saturated heterocycles. The molecule has 152 valence electrons. The molecule has 2 aromatic carbocycles. The van der Waals surface area contributed by atoms with Crippen molar-refractivity contribution in [2.75, 3.05) is 14.2 Å². The van der Waals surface area contributed by atoms with Crippen LogP contribution in [0.15, 0.2) is 62.3 Å². The highest BCUT2D eigenvalue weighted by molar-refractivity contribution is 5.88. The van der Waals surface area contributed by atoms with Crippen LogP contribution in [0.2, 0.25) is 0 Å². The van der Waals surface area contributed by atoms with Crippen LogP contribution in [0.1, 0.15) is 16.4 Å². The van der Waals surface area contributed by atoms with Crippen LogP contribution in [0.25, 0.3) is 22.4 Å². The Balaban J connectivity index is 1.50. The monoisotopic (exact) mass is 408 g/mol. The lowest BCUT2D eigenvalue weighted by Gasteiger charge is -2.07. The second kappa shape index (κ2) is 8.08. The Morgan fingerprint density at radius 1 is 1.07 bits per heavy atom. The van der Waals surface area contributed by atoms with E-state index >= 15 is 0 Å². The molecule has 0 radical (unpaired) electrons. The molecule has 9 heteroatoms. The fraction of sp³-hybridized carbons (Fsp3) is 0.143. The highest BCUT2D eigenvalue weighted by Gasteiger charge is 2.18. The molecule has 0 amide bonds. The van der Waals surface area contributed by atoms with Gasteiger partial charge in [-0.25, -0.2) is 4.79 Å². The van der Waals surface area contributed by atoms with Gasteiger partial charge in [0.1, 0.15) is 17.1 Å². The van der Waals surface area contributed by atoms with Gasteiger partial charge in [0.05, 0.1) is 25.2 Å². The highest BCUT2D eigenvalue weighted by Crippen LogP contribution is 2.31. The van der Waals surface area contributed by atoms with Crippen LogP contribution in [0.5, 0.6) is 11.5 Å². The van der Waals surface area contributed by atoms with Gasteiger partial charge in [0.15, 0.2) is 12.0 Å². The number of carbonyl (C=O) groups excluding carboxylic acids is 1. The number of fused-ring (bicyclic) bond motifs is 1. The molecule has 0 aliphatic rings. The van der Waals surface area contributed by atoms with Crippen LogP contribution < -0.4 is 14.9 Å². The first kappa shape index (κ1) is 19.2. The van der Waals surface area contributed by atoms with Gasteiger partial charge in [0.2, 0.25) is 11.6 Å². The van der Waals surface area contributed by atoms with Crippen molar-refractivity contribution in [1.82, 2.24) is 10.1 Å². The van der Waals surface area contributed by atoms with Crippen molar-refractivity contribution in [1.29, 1.82) is 0 Å². The number of benzene rings is 2. The fourth-order valence-electron chi connectivity index (χ4n) is 2.81. The maximum atomic E-state index is 12.3. The number of carbonyl (C=O) groups is 1. The molecule has 0 N–H and O–H groups in total. The summed E-state index contributed by atoms with van der Waals surface area (Å²) in [5.74, 6) is 0.411. The second-order valence-electron chi connectivity index (χ2n) is 6.13. The lowest BCUT2D eigenvalue weighted by atomic mass is 10.2. The molecule has 0 unspecified atom stereocenters. The summed E-state index contributed by atoms with van der Waals surface area (Å²) >= 11 is 0. The van der Waals surface area contributed by atoms with E-state index in [0.717, 1.165) is 6.07 Å². The quantitative estimate of drug-likeness (QED) is 0.444. The van der Waals surface area contributed by atoms with E-state index < -0.39 is 5.97 Å². The van der Waals surface area contributed by atoms with Gasteiger partial charge in [-0.05, 0) is 24.3 Å². The summed E-state index contributed by atoms with van der Waals surface area (Å²) < 4.78 is 26.2. The van der Waals surface area contributed by atoms with E-state index in [1.807, 2.05) is 0 Å². The first-order chi connectivity index (χ1) is 14.6. The van der Waals surface area contributed by atoms with Crippen molar-refractivity contribution >= 4 is 16.9 Å². The first-order valence-electron chi connectivity index (χ1n) is 8.84. The van der Waals surface area contributed by atoms with Gasteiger partial charge in [0.25, 0.3) is 5.89 Å². The van der Waals surface area contributed by atoms with Crippen molar-refractivity contribution < 1.29 is 27.9 Å². The predicted molar refractivity (Wildman–Crippen MR) is 104 cm³/mol. The maximum Gasteiger partial charge on any atom is 0.374 e. The zero-order chi connectivity index (χ0) is 21.1. The number of esters is 1. The van der Waals surface area contributed by atoms with Crippen molar-refractivity contribution in [2.45, 2.75) is 6.61 Å². The van der Waals surface area contributed by atoms with Gasteiger partial charge in [0, 0.05) is 12.1 Å². The largest absolute Gasteiger partial charge is 0.497 e. The van der Waals surface area contributed by atoms with E-state index in [4.69, 9.17) is 23.2 Å². The van der Waals surface area contributed by atoms with Gasteiger partial charge in [-0.3, -0.25) is 4.79 Å². The summed E-state index contributed by atoms with van der Waals surface area (Å²) in [6.45, 7) is -0.291.